The molecule has 0 bridgehead atoms. The summed E-state index contributed by atoms with van der Waals surface area (Å²) in [6.07, 6.45) is 5.08. The number of phenols is 1. The van der Waals surface area contributed by atoms with Crippen LogP contribution in [0.4, 0.5) is 11.7 Å². The molecule has 6 rings (SSSR count). The van der Waals surface area contributed by atoms with Crippen molar-refractivity contribution in [2.75, 3.05) is 11.9 Å². The highest BCUT2D eigenvalue weighted by Crippen LogP contribution is 2.51. The van der Waals surface area contributed by atoms with Crippen molar-refractivity contribution >= 4 is 30.3 Å². The molecule has 2 aromatic carbocycles. The van der Waals surface area contributed by atoms with Crippen LogP contribution in [-0.4, -0.2) is 35.2 Å². The Balaban J connectivity index is 1.38. The zero-order valence-electron chi connectivity index (χ0n) is 22.2. The van der Waals surface area contributed by atoms with Crippen LogP contribution in [0.2, 0.25) is 13.1 Å². The molecule has 1 N–H and O–H groups in total. The Morgan fingerprint density at radius 1 is 0.895 bits per heavy atom. The Labute approximate surface area is 223 Å². The first-order chi connectivity index (χ1) is 18.2. The number of pyridine rings is 2. The monoisotopic (exact) mass is 518 g/mol. The van der Waals surface area contributed by atoms with Gasteiger partial charge >= 0.3 is 6.01 Å². The lowest BCUT2D eigenvalue weighted by atomic mass is 9.83. The molecule has 0 saturated heterocycles. The molecule has 0 amide bonds. The van der Waals surface area contributed by atoms with Gasteiger partial charge in [-0.3, -0.25) is 9.88 Å². The lowest BCUT2D eigenvalue weighted by Gasteiger charge is -2.25. The first-order valence-corrected chi connectivity index (χ1v) is 15.7. The summed E-state index contributed by atoms with van der Waals surface area (Å²) in [7, 11) is -0.207. The SMILES string of the molecule is CN(c1ccnc([Si](C)(C)c2cccc(-c3ccc4c(n3)-c3c(O)cccc3C4(C)C)c2)c1)c1ncco1. The summed E-state index contributed by atoms with van der Waals surface area (Å²) < 4.78 is 5.48. The third-order valence-corrected chi connectivity index (χ3v) is 11.2. The van der Waals surface area contributed by atoms with E-state index in [0.29, 0.717) is 6.01 Å². The molecule has 5 aromatic rings. The third kappa shape index (κ3) is 3.73. The van der Waals surface area contributed by atoms with Gasteiger partial charge in [-0.15, -0.1) is 0 Å². The van der Waals surface area contributed by atoms with E-state index in [1.165, 1.54) is 5.19 Å². The summed E-state index contributed by atoms with van der Waals surface area (Å²) in [6.45, 7) is 9.01. The van der Waals surface area contributed by atoms with Crippen molar-refractivity contribution in [1.82, 2.24) is 15.0 Å². The van der Waals surface area contributed by atoms with Gasteiger partial charge in [0.1, 0.15) is 20.1 Å². The molecule has 0 spiro atoms. The third-order valence-electron chi connectivity index (χ3n) is 7.88. The number of rotatable bonds is 5. The van der Waals surface area contributed by atoms with Gasteiger partial charge in [0, 0.05) is 40.8 Å². The molecule has 190 valence electrons. The van der Waals surface area contributed by atoms with Crippen LogP contribution in [0.15, 0.2) is 89.8 Å². The fourth-order valence-corrected chi connectivity index (χ4v) is 7.68. The van der Waals surface area contributed by atoms with Crippen molar-refractivity contribution in [2.45, 2.75) is 32.4 Å². The summed E-state index contributed by atoms with van der Waals surface area (Å²) >= 11 is 0. The summed E-state index contributed by atoms with van der Waals surface area (Å²) in [5, 5.41) is 13.1. The number of hydrogen-bond acceptors (Lipinski definition) is 6. The van der Waals surface area contributed by atoms with Crippen molar-refractivity contribution < 1.29 is 9.52 Å². The van der Waals surface area contributed by atoms with Crippen LogP contribution in [0.5, 0.6) is 5.75 Å². The maximum absolute atomic E-state index is 10.7. The summed E-state index contributed by atoms with van der Waals surface area (Å²) in [5.41, 5.74) is 6.69. The molecule has 3 aromatic heterocycles. The fraction of sp³-hybridized carbons (Fsp3) is 0.194. The van der Waals surface area contributed by atoms with Crippen molar-refractivity contribution in [1.29, 1.82) is 0 Å². The van der Waals surface area contributed by atoms with E-state index in [4.69, 9.17) is 14.4 Å². The van der Waals surface area contributed by atoms with E-state index >= 15 is 0 Å². The average molecular weight is 519 g/mol. The number of phenolic OH excluding ortho intramolecular Hbond substituents is 1. The molecule has 0 atom stereocenters. The molecule has 0 radical (unpaired) electrons. The molecule has 1 aliphatic carbocycles. The fourth-order valence-electron chi connectivity index (χ4n) is 5.45. The van der Waals surface area contributed by atoms with E-state index < -0.39 is 8.07 Å². The van der Waals surface area contributed by atoms with Crippen molar-refractivity contribution in [2.24, 2.45) is 0 Å². The molecular weight excluding hydrogens is 488 g/mol. The maximum Gasteiger partial charge on any atom is 0.301 e. The van der Waals surface area contributed by atoms with Gasteiger partial charge in [0.15, 0.2) is 0 Å². The summed E-state index contributed by atoms with van der Waals surface area (Å²) in [4.78, 5) is 16.1. The van der Waals surface area contributed by atoms with Crippen LogP contribution < -0.4 is 15.4 Å². The highest BCUT2D eigenvalue weighted by molar-refractivity contribution is 7.00. The molecule has 0 saturated carbocycles. The second kappa shape index (κ2) is 8.67. The average Bonchev–Trinajstić information content (AvgIpc) is 3.54. The molecule has 3 heterocycles. The number of anilines is 2. The largest absolute Gasteiger partial charge is 0.507 e. The standard InChI is InChI=1S/C31H30N4O2Si/c1-31(2)23-10-7-11-26(36)28(23)29-24(31)12-13-25(34-29)20-8-6-9-22(18-20)38(4,5)27-19-21(14-15-32-27)35(3)30-33-16-17-37-30/h6-19,36H,1-5H3. The van der Waals surface area contributed by atoms with Gasteiger partial charge in [-0.25, -0.2) is 9.97 Å². The Bertz CT molecular complexity index is 1660. The zero-order chi connectivity index (χ0) is 26.7. The van der Waals surface area contributed by atoms with Crippen LogP contribution in [0.1, 0.15) is 25.0 Å². The smallest absolute Gasteiger partial charge is 0.301 e. The second-order valence-electron chi connectivity index (χ2n) is 10.9. The molecule has 7 heteroatoms. The topological polar surface area (TPSA) is 75.3 Å². The quantitative estimate of drug-likeness (QED) is 0.299. The molecule has 6 nitrogen and oxygen atoms in total. The number of hydrogen-bond donors (Lipinski definition) is 1. The van der Waals surface area contributed by atoms with Gasteiger partial charge in [-0.05, 0) is 35.4 Å². The maximum atomic E-state index is 10.7. The predicted octanol–water partition coefficient (Wildman–Crippen LogP) is 5.73. The van der Waals surface area contributed by atoms with Crippen LogP contribution >= 0.6 is 0 Å². The van der Waals surface area contributed by atoms with Gasteiger partial charge < -0.3 is 9.52 Å². The van der Waals surface area contributed by atoms with Gasteiger partial charge in [0.2, 0.25) is 0 Å². The molecule has 0 aliphatic heterocycles. The van der Waals surface area contributed by atoms with E-state index in [1.807, 2.05) is 30.3 Å². The Morgan fingerprint density at radius 3 is 2.50 bits per heavy atom. The van der Waals surface area contributed by atoms with E-state index in [9.17, 15) is 5.11 Å². The number of fused-ring (bicyclic) bond motifs is 3. The summed E-state index contributed by atoms with van der Waals surface area (Å²) in [6, 6.07) is 23.3. The molecule has 1 aliphatic rings. The van der Waals surface area contributed by atoms with Crippen molar-refractivity contribution in [3.05, 3.63) is 96.5 Å². The summed E-state index contributed by atoms with van der Waals surface area (Å²) in [5.74, 6) is 0.280. The second-order valence-corrected chi connectivity index (χ2v) is 15.2. The lowest BCUT2D eigenvalue weighted by molar-refractivity contribution is 0.476. The zero-order valence-corrected chi connectivity index (χ0v) is 23.2. The highest BCUT2D eigenvalue weighted by atomic mass is 28.3. The minimum absolute atomic E-state index is 0.208. The van der Waals surface area contributed by atoms with Crippen molar-refractivity contribution in [3.8, 4) is 28.3 Å². The van der Waals surface area contributed by atoms with E-state index in [2.05, 4.69) is 80.5 Å². The van der Waals surface area contributed by atoms with Gasteiger partial charge in [-0.1, -0.05) is 74.6 Å². The predicted molar refractivity (Wildman–Crippen MR) is 154 cm³/mol. The number of aromatic hydroxyl groups is 1. The van der Waals surface area contributed by atoms with Gasteiger partial charge in [-0.2, -0.15) is 0 Å². The Morgan fingerprint density at radius 2 is 1.71 bits per heavy atom. The minimum Gasteiger partial charge on any atom is -0.507 e. The van der Waals surface area contributed by atoms with Crippen LogP contribution in [-0.2, 0) is 5.41 Å². The van der Waals surface area contributed by atoms with E-state index in [0.717, 1.165) is 44.6 Å². The van der Waals surface area contributed by atoms with Gasteiger partial charge in [0.05, 0.1) is 17.6 Å². The van der Waals surface area contributed by atoms with Gasteiger partial charge in [0.25, 0.3) is 0 Å². The first-order valence-electron chi connectivity index (χ1n) is 12.7. The first kappa shape index (κ1) is 24.1. The number of oxazole rings is 1. The Hall–Kier alpha value is -4.23. The minimum atomic E-state index is -2.15. The molecule has 38 heavy (non-hydrogen) atoms. The number of benzene rings is 2. The van der Waals surface area contributed by atoms with Crippen LogP contribution in [0.25, 0.3) is 22.5 Å². The normalized spacial score (nSPS) is 13.7. The van der Waals surface area contributed by atoms with Crippen LogP contribution in [0, 0.1) is 0 Å². The van der Waals surface area contributed by atoms with Crippen molar-refractivity contribution in [3.63, 3.8) is 0 Å². The van der Waals surface area contributed by atoms with Crippen LogP contribution in [0.3, 0.4) is 0 Å². The molecule has 0 unspecified atom stereocenters. The molecular formula is C31H30N4O2Si. The number of nitrogens with zero attached hydrogens (tertiary/aromatic N) is 4. The lowest BCUT2D eigenvalue weighted by Crippen LogP contribution is -2.54. The van der Waals surface area contributed by atoms with E-state index in [1.54, 1.807) is 18.5 Å². The highest BCUT2D eigenvalue weighted by Gasteiger charge is 2.38. The molecule has 0 fully saturated rings. The number of aromatic nitrogens is 3. The Kier molecular flexibility index (Phi) is 5.50. The van der Waals surface area contributed by atoms with E-state index in [-0.39, 0.29) is 11.2 Å².